The van der Waals surface area contributed by atoms with E-state index in [0.717, 1.165) is 16.2 Å². The molecule has 33 heavy (non-hydrogen) atoms. The van der Waals surface area contributed by atoms with Gasteiger partial charge in [-0.05, 0) is 55.0 Å². The number of hydrogen-bond donors (Lipinski definition) is 1. The summed E-state index contributed by atoms with van der Waals surface area (Å²) in [6, 6.07) is 22.5. The topological polar surface area (TPSA) is 84.9 Å². The number of nitrogens with one attached hydrogen (secondary N) is 1. The van der Waals surface area contributed by atoms with Crippen molar-refractivity contribution in [1.29, 1.82) is 0 Å². The highest BCUT2D eigenvalue weighted by molar-refractivity contribution is 6.39. The van der Waals surface area contributed by atoms with Gasteiger partial charge in [0.15, 0.2) is 0 Å². The summed E-state index contributed by atoms with van der Waals surface area (Å²) in [7, 11) is 0. The number of urea groups is 1. The second-order valence-corrected chi connectivity index (χ2v) is 7.38. The number of carbonyl (C=O) groups excluding carboxylic acids is 3. The van der Waals surface area contributed by atoms with Crippen molar-refractivity contribution in [3.05, 3.63) is 95.6 Å². The fourth-order valence-electron chi connectivity index (χ4n) is 3.28. The van der Waals surface area contributed by atoms with Crippen LogP contribution in [0.4, 0.5) is 10.5 Å². The monoisotopic (exact) mass is 442 g/mol. The largest absolute Gasteiger partial charge is 0.490 e. The van der Waals surface area contributed by atoms with Gasteiger partial charge in [0, 0.05) is 0 Å². The van der Waals surface area contributed by atoms with Gasteiger partial charge in [-0.2, -0.15) is 0 Å². The van der Waals surface area contributed by atoms with Crippen molar-refractivity contribution >= 4 is 29.6 Å². The molecule has 0 spiro atoms. The molecule has 1 N–H and O–H groups in total. The average molecular weight is 442 g/mol. The zero-order valence-electron chi connectivity index (χ0n) is 18.0. The predicted molar refractivity (Wildman–Crippen MR) is 124 cm³/mol. The van der Waals surface area contributed by atoms with Crippen molar-refractivity contribution in [3.63, 3.8) is 0 Å². The minimum Gasteiger partial charge on any atom is -0.490 e. The van der Waals surface area contributed by atoms with Gasteiger partial charge in [-0.15, -0.1) is 0 Å². The third kappa shape index (κ3) is 5.27. The molecule has 3 aromatic carbocycles. The fraction of sp³-hybridized carbons (Fsp3) is 0.115. The van der Waals surface area contributed by atoms with Crippen molar-refractivity contribution in [1.82, 2.24) is 5.32 Å². The molecular formula is C26H22N2O5. The fourth-order valence-corrected chi connectivity index (χ4v) is 3.28. The number of ether oxygens (including phenoxy) is 2. The van der Waals surface area contributed by atoms with Crippen LogP contribution in [0, 0.1) is 6.92 Å². The molecule has 0 bridgehead atoms. The molecule has 0 unspecified atom stereocenters. The Morgan fingerprint density at radius 2 is 1.48 bits per heavy atom. The third-order valence-corrected chi connectivity index (χ3v) is 4.93. The smallest absolute Gasteiger partial charge is 0.335 e. The van der Waals surface area contributed by atoms with E-state index >= 15 is 0 Å². The van der Waals surface area contributed by atoms with Crippen molar-refractivity contribution < 1.29 is 23.9 Å². The van der Waals surface area contributed by atoms with Gasteiger partial charge in [0.2, 0.25) is 0 Å². The Hall–Kier alpha value is -4.39. The van der Waals surface area contributed by atoms with E-state index in [0.29, 0.717) is 30.2 Å². The van der Waals surface area contributed by atoms with Gasteiger partial charge in [0.1, 0.15) is 30.3 Å². The van der Waals surface area contributed by atoms with E-state index < -0.39 is 17.8 Å². The standard InChI is InChI=1S/C26H22N2O5/c1-18-10-12-20(13-11-18)28-25(30)23(24(29)27-26(28)31)17-19-6-5-9-22(16-19)33-15-14-32-21-7-3-2-4-8-21/h2-13,16-17H,14-15H2,1H3,(H,27,29,31)/b23-17+. The van der Waals surface area contributed by atoms with Crippen molar-refractivity contribution in [3.8, 4) is 11.5 Å². The van der Waals surface area contributed by atoms with Gasteiger partial charge in [-0.3, -0.25) is 14.9 Å². The molecule has 0 aliphatic carbocycles. The molecule has 0 atom stereocenters. The zero-order chi connectivity index (χ0) is 23.2. The Morgan fingerprint density at radius 3 is 2.21 bits per heavy atom. The lowest BCUT2D eigenvalue weighted by Gasteiger charge is -2.26. The molecule has 1 aliphatic heterocycles. The molecule has 4 amide bonds. The molecule has 1 heterocycles. The Kier molecular flexibility index (Phi) is 6.50. The Morgan fingerprint density at radius 1 is 0.818 bits per heavy atom. The lowest BCUT2D eigenvalue weighted by atomic mass is 10.1. The number of nitrogens with zero attached hydrogens (tertiary/aromatic N) is 1. The van der Waals surface area contributed by atoms with E-state index in [9.17, 15) is 14.4 Å². The first-order valence-electron chi connectivity index (χ1n) is 10.4. The second-order valence-electron chi connectivity index (χ2n) is 7.38. The van der Waals surface area contributed by atoms with Crippen molar-refractivity contribution in [2.75, 3.05) is 18.1 Å². The van der Waals surface area contributed by atoms with Crippen molar-refractivity contribution in [2.45, 2.75) is 6.92 Å². The number of para-hydroxylation sites is 1. The summed E-state index contributed by atoms with van der Waals surface area (Å²) < 4.78 is 11.3. The number of rotatable bonds is 7. The first-order chi connectivity index (χ1) is 16.0. The third-order valence-electron chi connectivity index (χ3n) is 4.93. The Labute approximate surface area is 191 Å². The highest BCUT2D eigenvalue weighted by Crippen LogP contribution is 2.23. The van der Waals surface area contributed by atoms with E-state index in [1.54, 1.807) is 48.5 Å². The summed E-state index contributed by atoms with van der Waals surface area (Å²) in [5.41, 5.74) is 1.83. The van der Waals surface area contributed by atoms with Gasteiger partial charge >= 0.3 is 6.03 Å². The molecule has 3 aromatic rings. The van der Waals surface area contributed by atoms with Gasteiger partial charge in [0.25, 0.3) is 11.8 Å². The Balaban J connectivity index is 1.46. The van der Waals surface area contributed by atoms with Gasteiger partial charge in [-0.1, -0.05) is 48.0 Å². The van der Waals surface area contributed by atoms with Crippen LogP contribution >= 0.6 is 0 Å². The second kappa shape index (κ2) is 9.82. The van der Waals surface area contributed by atoms with Crippen LogP contribution < -0.4 is 19.7 Å². The normalized spacial score (nSPS) is 14.9. The number of imide groups is 2. The highest BCUT2D eigenvalue weighted by atomic mass is 16.5. The molecule has 0 aromatic heterocycles. The minimum atomic E-state index is -0.776. The van der Waals surface area contributed by atoms with E-state index in [2.05, 4.69) is 5.32 Å². The van der Waals surface area contributed by atoms with Gasteiger partial charge in [-0.25, -0.2) is 9.69 Å². The molecule has 166 valence electrons. The van der Waals surface area contributed by atoms with Gasteiger partial charge in [0.05, 0.1) is 5.69 Å². The summed E-state index contributed by atoms with van der Waals surface area (Å²) in [5, 5.41) is 2.23. The van der Waals surface area contributed by atoms with E-state index in [1.165, 1.54) is 6.08 Å². The number of aryl methyl sites for hydroxylation is 1. The molecule has 1 saturated heterocycles. The lowest BCUT2D eigenvalue weighted by Crippen LogP contribution is -2.54. The maximum atomic E-state index is 13.0. The van der Waals surface area contributed by atoms with E-state index in [4.69, 9.17) is 9.47 Å². The van der Waals surface area contributed by atoms with Crippen LogP contribution in [0.25, 0.3) is 6.08 Å². The molecule has 1 fully saturated rings. The summed E-state index contributed by atoms with van der Waals surface area (Å²) in [6.45, 7) is 2.59. The first-order valence-corrected chi connectivity index (χ1v) is 10.4. The number of anilines is 1. The van der Waals surface area contributed by atoms with Crippen molar-refractivity contribution in [2.24, 2.45) is 0 Å². The summed E-state index contributed by atoms with van der Waals surface area (Å²) in [4.78, 5) is 38.6. The molecule has 0 saturated carbocycles. The SMILES string of the molecule is Cc1ccc(N2C(=O)NC(=O)/C(=C\c3cccc(OCCOc4ccccc4)c3)C2=O)cc1. The van der Waals surface area contributed by atoms with Crippen LogP contribution in [0.15, 0.2) is 84.4 Å². The number of benzene rings is 3. The molecule has 4 rings (SSSR count). The summed E-state index contributed by atoms with van der Waals surface area (Å²) in [6.07, 6.45) is 1.44. The van der Waals surface area contributed by atoms with Crippen LogP contribution in [-0.2, 0) is 9.59 Å². The quantitative estimate of drug-likeness (QED) is 0.338. The maximum absolute atomic E-state index is 13.0. The first kappa shape index (κ1) is 21.8. The van der Waals surface area contributed by atoms with Crippen LogP contribution in [0.1, 0.15) is 11.1 Å². The number of hydrogen-bond acceptors (Lipinski definition) is 5. The molecular weight excluding hydrogens is 420 g/mol. The number of barbiturate groups is 1. The molecule has 7 heteroatoms. The summed E-state index contributed by atoms with van der Waals surface area (Å²) >= 11 is 0. The van der Waals surface area contributed by atoms with Crippen LogP contribution in [0.5, 0.6) is 11.5 Å². The van der Waals surface area contributed by atoms with E-state index in [-0.39, 0.29) is 5.57 Å². The number of carbonyl (C=O) groups is 3. The molecule has 1 aliphatic rings. The molecule has 0 radical (unpaired) electrons. The number of amides is 4. The van der Waals surface area contributed by atoms with Crippen LogP contribution in [0.3, 0.4) is 0 Å². The average Bonchev–Trinajstić information content (AvgIpc) is 2.82. The van der Waals surface area contributed by atoms with Gasteiger partial charge < -0.3 is 9.47 Å². The predicted octanol–water partition coefficient (Wildman–Crippen LogP) is 4.12. The molecule has 7 nitrogen and oxygen atoms in total. The van der Waals surface area contributed by atoms with E-state index in [1.807, 2.05) is 37.3 Å². The minimum absolute atomic E-state index is 0.139. The highest BCUT2D eigenvalue weighted by Gasteiger charge is 2.36. The van der Waals surface area contributed by atoms with Crippen LogP contribution in [-0.4, -0.2) is 31.1 Å². The maximum Gasteiger partial charge on any atom is 0.335 e. The lowest BCUT2D eigenvalue weighted by molar-refractivity contribution is -0.122. The zero-order valence-corrected chi connectivity index (χ0v) is 18.0. The van der Waals surface area contributed by atoms with Crippen LogP contribution in [0.2, 0.25) is 0 Å². The summed E-state index contributed by atoms with van der Waals surface area (Å²) in [5.74, 6) is -0.101. The Bertz CT molecular complexity index is 1200.